The summed E-state index contributed by atoms with van der Waals surface area (Å²) in [5, 5.41) is 10.9. The van der Waals surface area contributed by atoms with Gasteiger partial charge >= 0.3 is 12.1 Å². The summed E-state index contributed by atoms with van der Waals surface area (Å²) >= 11 is 16.1. The van der Waals surface area contributed by atoms with E-state index >= 15 is 0 Å². The number of alkyl carbamates (subject to hydrolysis) is 1. The van der Waals surface area contributed by atoms with Crippen LogP contribution < -0.4 is 11.1 Å². The van der Waals surface area contributed by atoms with Gasteiger partial charge in [-0.05, 0) is 19.4 Å². The number of hydrogen-bond donors (Lipinski definition) is 3. The van der Waals surface area contributed by atoms with Crippen molar-refractivity contribution in [3.63, 3.8) is 0 Å². The lowest BCUT2D eigenvalue weighted by Crippen LogP contribution is -2.42. The van der Waals surface area contributed by atoms with Crippen LogP contribution >= 0.6 is 34.8 Å². The number of alkyl halides is 3. The van der Waals surface area contributed by atoms with Gasteiger partial charge in [0.05, 0.1) is 0 Å². The molecular weight excluding hydrogens is 294 g/mol. The van der Waals surface area contributed by atoms with Gasteiger partial charge in [0.15, 0.2) is 0 Å². The summed E-state index contributed by atoms with van der Waals surface area (Å²) < 4.78 is 2.80. The second kappa shape index (κ2) is 7.81. The lowest BCUT2D eigenvalue weighted by atomic mass is 10.1. The molecule has 0 radical (unpaired) electrons. The molecule has 0 aliphatic rings. The first kappa shape index (κ1) is 16.6. The molecule has 6 nitrogen and oxygen atoms in total. The Labute approximate surface area is 113 Å². The number of ether oxygens (including phenoxy) is 1. The van der Waals surface area contributed by atoms with Crippen LogP contribution in [0.1, 0.15) is 12.8 Å². The highest BCUT2D eigenvalue weighted by molar-refractivity contribution is 6.67. The topological polar surface area (TPSA) is 102 Å². The quantitative estimate of drug-likeness (QED) is 0.642. The molecule has 0 bridgehead atoms. The molecule has 1 amide bonds. The van der Waals surface area contributed by atoms with E-state index in [4.69, 9.17) is 45.6 Å². The highest BCUT2D eigenvalue weighted by atomic mass is 35.6. The number of nitrogens with one attached hydrogen (secondary N) is 1. The van der Waals surface area contributed by atoms with E-state index in [2.05, 4.69) is 10.1 Å². The molecule has 0 aromatic rings. The van der Waals surface area contributed by atoms with Gasteiger partial charge in [0.1, 0.15) is 12.6 Å². The average molecular weight is 308 g/mol. The van der Waals surface area contributed by atoms with Gasteiger partial charge in [0.2, 0.25) is 3.79 Å². The van der Waals surface area contributed by atoms with Gasteiger partial charge in [-0.1, -0.05) is 34.8 Å². The maximum atomic E-state index is 11.2. The van der Waals surface area contributed by atoms with Crippen LogP contribution in [0, 0.1) is 0 Å². The van der Waals surface area contributed by atoms with Crippen molar-refractivity contribution in [3.8, 4) is 0 Å². The monoisotopic (exact) mass is 306 g/mol. The molecule has 0 heterocycles. The number of amides is 1. The number of carbonyl (C=O) groups excluding carboxylic acids is 1. The van der Waals surface area contributed by atoms with Gasteiger partial charge < -0.3 is 20.9 Å². The minimum atomic E-state index is -1.73. The summed E-state index contributed by atoms with van der Waals surface area (Å²) in [6, 6.07) is -1.07. The van der Waals surface area contributed by atoms with Crippen molar-refractivity contribution < 1.29 is 19.4 Å². The Hall–Kier alpha value is -0.430. The second-order valence-electron chi connectivity index (χ2n) is 3.16. The summed E-state index contributed by atoms with van der Waals surface area (Å²) in [4.78, 5) is 21.9. The molecule has 100 valence electrons. The van der Waals surface area contributed by atoms with Crippen molar-refractivity contribution in [3.05, 3.63) is 0 Å². The van der Waals surface area contributed by atoms with E-state index in [1.54, 1.807) is 0 Å². The molecule has 0 aliphatic carbocycles. The predicted molar refractivity (Wildman–Crippen MR) is 64.5 cm³/mol. The van der Waals surface area contributed by atoms with E-state index in [9.17, 15) is 9.59 Å². The van der Waals surface area contributed by atoms with Gasteiger partial charge in [-0.2, -0.15) is 0 Å². The third-order valence-corrected chi connectivity index (χ3v) is 1.98. The molecular formula is C8H13Cl3N2O4. The fraction of sp³-hybridized carbons (Fsp3) is 0.750. The van der Waals surface area contributed by atoms with Gasteiger partial charge in [-0.25, -0.2) is 9.59 Å². The summed E-state index contributed by atoms with van der Waals surface area (Å²) in [5.41, 5.74) is 5.23. The second-order valence-corrected chi connectivity index (χ2v) is 5.67. The normalized spacial score (nSPS) is 12.9. The van der Waals surface area contributed by atoms with E-state index in [1.807, 2.05) is 0 Å². The maximum absolute atomic E-state index is 11.2. The van der Waals surface area contributed by atoms with Crippen molar-refractivity contribution in [1.82, 2.24) is 5.32 Å². The molecule has 4 N–H and O–H groups in total. The first-order valence-corrected chi connectivity index (χ1v) is 5.82. The molecule has 0 fully saturated rings. The SMILES string of the molecule is NCCC[C@H](NC(=O)OCC(Cl)(Cl)Cl)C(=O)O. The number of hydrogen-bond acceptors (Lipinski definition) is 4. The van der Waals surface area contributed by atoms with Crippen molar-refractivity contribution in [2.45, 2.75) is 22.7 Å². The van der Waals surface area contributed by atoms with Gasteiger partial charge in [-0.3, -0.25) is 0 Å². The largest absolute Gasteiger partial charge is 0.480 e. The summed E-state index contributed by atoms with van der Waals surface area (Å²) in [6.07, 6.45) is -0.295. The van der Waals surface area contributed by atoms with Crippen LogP contribution in [0.2, 0.25) is 0 Å². The molecule has 0 aliphatic heterocycles. The molecule has 0 spiro atoms. The molecule has 17 heavy (non-hydrogen) atoms. The predicted octanol–water partition coefficient (Wildman–Crippen LogP) is 1.27. The molecule has 0 aromatic heterocycles. The Morgan fingerprint density at radius 2 is 2.00 bits per heavy atom. The van der Waals surface area contributed by atoms with Crippen molar-refractivity contribution in [2.75, 3.05) is 13.2 Å². The highest BCUT2D eigenvalue weighted by Gasteiger charge is 2.24. The number of carbonyl (C=O) groups is 2. The van der Waals surface area contributed by atoms with Crippen molar-refractivity contribution in [2.24, 2.45) is 5.73 Å². The Morgan fingerprint density at radius 3 is 2.41 bits per heavy atom. The van der Waals surface area contributed by atoms with E-state index in [0.717, 1.165) is 0 Å². The van der Waals surface area contributed by atoms with Crippen LogP contribution in [0.3, 0.4) is 0 Å². The minimum absolute atomic E-state index is 0.203. The number of aliphatic carboxylic acids is 1. The first-order valence-electron chi connectivity index (χ1n) is 4.69. The Kier molecular flexibility index (Phi) is 7.61. The zero-order valence-electron chi connectivity index (χ0n) is 8.79. The molecule has 0 unspecified atom stereocenters. The van der Waals surface area contributed by atoms with Crippen LogP contribution in [-0.2, 0) is 9.53 Å². The Balaban J connectivity index is 4.08. The number of nitrogens with two attached hydrogens (primary N) is 1. The van der Waals surface area contributed by atoms with Crippen LogP contribution in [0.4, 0.5) is 4.79 Å². The van der Waals surface area contributed by atoms with E-state index < -0.39 is 28.5 Å². The summed E-state index contributed by atoms with van der Waals surface area (Å²) in [6.45, 7) is -0.138. The maximum Gasteiger partial charge on any atom is 0.407 e. The van der Waals surface area contributed by atoms with E-state index in [1.165, 1.54) is 0 Å². The third kappa shape index (κ3) is 9.29. The smallest absolute Gasteiger partial charge is 0.407 e. The standard InChI is InChI=1S/C8H13Cl3N2O4/c9-8(10,11)4-17-7(16)13-5(6(14)15)2-1-3-12/h5H,1-4,12H2,(H,13,16)(H,14,15)/t5-/m0/s1. The van der Waals surface area contributed by atoms with Crippen molar-refractivity contribution >= 4 is 46.9 Å². The third-order valence-electron chi connectivity index (χ3n) is 1.65. The number of carboxylic acid groups (broad SMARTS) is 1. The van der Waals surface area contributed by atoms with E-state index in [0.29, 0.717) is 13.0 Å². The molecule has 0 rings (SSSR count). The fourth-order valence-corrected chi connectivity index (χ4v) is 1.07. The number of carboxylic acids is 1. The average Bonchev–Trinajstić information content (AvgIpc) is 2.19. The minimum Gasteiger partial charge on any atom is -0.480 e. The van der Waals surface area contributed by atoms with Gasteiger partial charge in [0.25, 0.3) is 0 Å². The van der Waals surface area contributed by atoms with E-state index in [-0.39, 0.29) is 6.42 Å². The molecule has 0 aromatic carbocycles. The van der Waals surface area contributed by atoms with Crippen LogP contribution in [0.5, 0.6) is 0 Å². The lowest BCUT2D eigenvalue weighted by molar-refractivity contribution is -0.139. The van der Waals surface area contributed by atoms with Crippen LogP contribution in [-0.4, -0.2) is 40.2 Å². The summed E-state index contributed by atoms with van der Waals surface area (Å²) in [7, 11) is 0. The Bertz CT molecular complexity index is 270. The number of rotatable bonds is 6. The number of halogens is 3. The zero-order valence-corrected chi connectivity index (χ0v) is 11.1. The van der Waals surface area contributed by atoms with Crippen LogP contribution in [0.15, 0.2) is 0 Å². The fourth-order valence-electron chi connectivity index (χ4n) is 0.911. The summed E-state index contributed by atoms with van der Waals surface area (Å²) in [5.74, 6) is -1.18. The molecule has 0 saturated carbocycles. The van der Waals surface area contributed by atoms with Gasteiger partial charge in [0, 0.05) is 0 Å². The lowest BCUT2D eigenvalue weighted by Gasteiger charge is -2.16. The van der Waals surface area contributed by atoms with Gasteiger partial charge in [-0.15, -0.1) is 0 Å². The highest BCUT2D eigenvalue weighted by Crippen LogP contribution is 2.25. The van der Waals surface area contributed by atoms with Crippen LogP contribution in [0.25, 0.3) is 0 Å². The first-order chi connectivity index (χ1) is 7.76. The zero-order chi connectivity index (χ0) is 13.5. The molecule has 1 atom stereocenters. The Morgan fingerprint density at radius 1 is 1.41 bits per heavy atom. The molecule has 0 saturated heterocycles. The van der Waals surface area contributed by atoms with Crippen molar-refractivity contribution in [1.29, 1.82) is 0 Å². The molecule has 9 heteroatoms.